The fraction of sp³-hybridized carbons (Fsp3) is 0.182. The van der Waals surface area contributed by atoms with E-state index in [4.69, 9.17) is 5.11 Å². The fourth-order valence-electron chi connectivity index (χ4n) is 1.40. The van der Waals surface area contributed by atoms with Crippen molar-refractivity contribution >= 4 is 15.9 Å². The average molecular weight is 316 g/mol. The van der Waals surface area contributed by atoms with Gasteiger partial charge in [0.2, 0.25) is 0 Å². The van der Waals surface area contributed by atoms with Gasteiger partial charge in [0.25, 0.3) is 6.43 Å². The standard InChI is InChI=1S/C11H8BrF2N3O/c12-8-1-6(2-15-4-8)11-16-3-7(5-18)9(17-11)10(13)14/h1-4,10,18H,5H2. The lowest BCUT2D eigenvalue weighted by Gasteiger charge is -2.07. The van der Waals surface area contributed by atoms with Gasteiger partial charge in [0.05, 0.1) is 6.61 Å². The fourth-order valence-corrected chi connectivity index (χ4v) is 1.77. The third-order valence-corrected chi connectivity index (χ3v) is 2.67. The van der Waals surface area contributed by atoms with Gasteiger partial charge in [0.1, 0.15) is 5.69 Å². The van der Waals surface area contributed by atoms with Crippen LogP contribution in [0.25, 0.3) is 11.4 Å². The minimum Gasteiger partial charge on any atom is -0.392 e. The second kappa shape index (κ2) is 5.45. The molecule has 2 rings (SSSR count). The number of aliphatic hydroxyl groups excluding tert-OH is 1. The number of aromatic nitrogens is 3. The van der Waals surface area contributed by atoms with Crippen LogP contribution in [0.15, 0.2) is 29.1 Å². The van der Waals surface area contributed by atoms with Gasteiger partial charge in [-0.25, -0.2) is 18.7 Å². The molecule has 0 aromatic carbocycles. The van der Waals surface area contributed by atoms with E-state index in [0.717, 1.165) is 0 Å². The first kappa shape index (κ1) is 13.0. The van der Waals surface area contributed by atoms with E-state index in [9.17, 15) is 8.78 Å². The molecular formula is C11H8BrF2N3O. The second-order valence-corrected chi connectivity index (χ2v) is 4.37. The third kappa shape index (κ3) is 2.68. The van der Waals surface area contributed by atoms with Gasteiger partial charge in [0, 0.05) is 34.2 Å². The number of hydrogen-bond acceptors (Lipinski definition) is 4. The minimum absolute atomic E-state index is 0.0247. The molecule has 0 fully saturated rings. The first-order chi connectivity index (χ1) is 8.61. The van der Waals surface area contributed by atoms with Crippen LogP contribution in [-0.4, -0.2) is 20.1 Å². The lowest BCUT2D eigenvalue weighted by Crippen LogP contribution is -2.02. The molecule has 0 radical (unpaired) electrons. The van der Waals surface area contributed by atoms with Crippen molar-refractivity contribution in [1.29, 1.82) is 0 Å². The SMILES string of the molecule is OCc1cnc(-c2cncc(Br)c2)nc1C(F)F. The Bertz CT molecular complexity index is 566. The van der Waals surface area contributed by atoms with Gasteiger partial charge in [-0.15, -0.1) is 0 Å². The Kier molecular flexibility index (Phi) is 3.93. The Hall–Kier alpha value is -1.47. The molecule has 0 unspecified atom stereocenters. The number of hydrogen-bond donors (Lipinski definition) is 1. The molecule has 2 heterocycles. The molecule has 4 nitrogen and oxygen atoms in total. The summed E-state index contributed by atoms with van der Waals surface area (Å²) in [5, 5.41) is 8.94. The van der Waals surface area contributed by atoms with E-state index in [2.05, 4.69) is 30.9 Å². The largest absolute Gasteiger partial charge is 0.392 e. The Morgan fingerprint density at radius 1 is 1.28 bits per heavy atom. The molecule has 0 spiro atoms. The maximum atomic E-state index is 12.8. The van der Waals surface area contributed by atoms with Crippen LogP contribution >= 0.6 is 15.9 Å². The molecule has 2 aromatic rings. The highest BCUT2D eigenvalue weighted by atomic mass is 79.9. The molecule has 0 bridgehead atoms. The van der Waals surface area contributed by atoms with Gasteiger partial charge >= 0.3 is 0 Å². The van der Waals surface area contributed by atoms with Crippen LogP contribution in [0.5, 0.6) is 0 Å². The van der Waals surface area contributed by atoms with E-state index in [1.165, 1.54) is 12.4 Å². The molecule has 0 saturated heterocycles. The maximum absolute atomic E-state index is 12.8. The molecule has 0 aliphatic heterocycles. The van der Waals surface area contributed by atoms with Crippen LogP contribution in [0.4, 0.5) is 8.78 Å². The molecule has 0 saturated carbocycles. The van der Waals surface area contributed by atoms with Crippen LogP contribution in [0, 0.1) is 0 Å². The zero-order valence-corrected chi connectivity index (χ0v) is 10.6. The van der Waals surface area contributed by atoms with Crippen molar-refractivity contribution in [2.24, 2.45) is 0 Å². The van der Waals surface area contributed by atoms with Crippen molar-refractivity contribution in [3.8, 4) is 11.4 Å². The van der Waals surface area contributed by atoms with Crippen molar-refractivity contribution in [1.82, 2.24) is 15.0 Å². The maximum Gasteiger partial charge on any atom is 0.280 e. The van der Waals surface area contributed by atoms with Gasteiger partial charge in [-0.1, -0.05) is 0 Å². The molecular weight excluding hydrogens is 308 g/mol. The van der Waals surface area contributed by atoms with Gasteiger partial charge in [-0.3, -0.25) is 4.98 Å². The van der Waals surface area contributed by atoms with Crippen LogP contribution in [0.3, 0.4) is 0 Å². The highest BCUT2D eigenvalue weighted by molar-refractivity contribution is 9.10. The van der Waals surface area contributed by atoms with Crippen molar-refractivity contribution < 1.29 is 13.9 Å². The lowest BCUT2D eigenvalue weighted by atomic mass is 10.2. The third-order valence-electron chi connectivity index (χ3n) is 2.24. The summed E-state index contributed by atoms with van der Waals surface area (Å²) in [5.74, 6) is 0.149. The van der Waals surface area contributed by atoms with E-state index in [1.807, 2.05) is 0 Å². The molecule has 0 aliphatic carbocycles. The van der Waals surface area contributed by atoms with Gasteiger partial charge in [-0.2, -0.15) is 0 Å². The molecule has 0 aliphatic rings. The molecule has 0 atom stereocenters. The average Bonchev–Trinajstić information content (AvgIpc) is 2.38. The van der Waals surface area contributed by atoms with Crippen molar-refractivity contribution in [2.45, 2.75) is 13.0 Å². The topological polar surface area (TPSA) is 58.9 Å². The van der Waals surface area contributed by atoms with Crippen LogP contribution in [0.1, 0.15) is 17.7 Å². The molecule has 1 N–H and O–H groups in total. The van der Waals surface area contributed by atoms with E-state index < -0.39 is 18.7 Å². The number of halogens is 3. The zero-order valence-electron chi connectivity index (χ0n) is 9.02. The van der Waals surface area contributed by atoms with Gasteiger partial charge in [-0.05, 0) is 22.0 Å². The first-order valence-electron chi connectivity index (χ1n) is 4.97. The van der Waals surface area contributed by atoms with E-state index in [-0.39, 0.29) is 11.4 Å². The Morgan fingerprint density at radius 3 is 2.67 bits per heavy atom. The summed E-state index contributed by atoms with van der Waals surface area (Å²) in [4.78, 5) is 11.6. The van der Waals surface area contributed by atoms with Gasteiger partial charge in [0.15, 0.2) is 5.82 Å². The lowest BCUT2D eigenvalue weighted by molar-refractivity contribution is 0.141. The molecule has 94 valence electrons. The number of nitrogens with zero attached hydrogens (tertiary/aromatic N) is 3. The zero-order chi connectivity index (χ0) is 13.1. The van der Waals surface area contributed by atoms with Gasteiger partial charge < -0.3 is 5.11 Å². The summed E-state index contributed by atoms with van der Waals surface area (Å²) in [5.41, 5.74) is 0.0925. The molecule has 2 aromatic heterocycles. The van der Waals surface area contributed by atoms with Crippen LogP contribution in [0.2, 0.25) is 0 Å². The van der Waals surface area contributed by atoms with Crippen LogP contribution in [-0.2, 0) is 6.61 Å². The first-order valence-corrected chi connectivity index (χ1v) is 5.77. The summed E-state index contributed by atoms with van der Waals surface area (Å²) in [7, 11) is 0. The quantitative estimate of drug-likeness (QED) is 0.946. The number of alkyl halides is 2. The summed E-state index contributed by atoms with van der Waals surface area (Å²) >= 11 is 3.23. The van der Waals surface area contributed by atoms with E-state index >= 15 is 0 Å². The molecule has 18 heavy (non-hydrogen) atoms. The highest BCUT2D eigenvalue weighted by Crippen LogP contribution is 2.24. The smallest absolute Gasteiger partial charge is 0.280 e. The van der Waals surface area contributed by atoms with Crippen molar-refractivity contribution in [2.75, 3.05) is 0 Å². The summed E-state index contributed by atoms with van der Waals surface area (Å²) < 4.78 is 26.2. The molecule has 7 heteroatoms. The summed E-state index contributed by atoms with van der Waals surface area (Å²) in [6, 6.07) is 1.68. The number of aliphatic hydroxyl groups is 1. The molecule has 0 amide bonds. The van der Waals surface area contributed by atoms with Crippen molar-refractivity contribution in [3.05, 3.63) is 40.4 Å². The normalized spacial score (nSPS) is 10.9. The predicted octanol–water partition coefficient (Wildman–Crippen LogP) is 2.73. The Labute approximate surface area is 110 Å². The Balaban J connectivity index is 2.50. The highest BCUT2D eigenvalue weighted by Gasteiger charge is 2.16. The van der Waals surface area contributed by atoms with Crippen LogP contribution < -0.4 is 0 Å². The number of rotatable bonds is 3. The monoisotopic (exact) mass is 315 g/mol. The summed E-state index contributed by atoms with van der Waals surface area (Å²) in [6.07, 6.45) is 1.49. The second-order valence-electron chi connectivity index (χ2n) is 3.45. The van der Waals surface area contributed by atoms with Crippen molar-refractivity contribution in [3.63, 3.8) is 0 Å². The Morgan fingerprint density at radius 2 is 2.06 bits per heavy atom. The number of pyridine rings is 1. The van der Waals surface area contributed by atoms with E-state index in [0.29, 0.717) is 10.0 Å². The summed E-state index contributed by atoms with van der Waals surface area (Å²) in [6.45, 7) is -0.517. The predicted molar refractivity (Wildman–Crippen MR) is 63.8 cm³/mol. The van der Waals surface area contributed by atoms with E-state index in [1.54, 1.807) is 12.3 Å². The minimum atomic E-state index is -2.76.